The number of hydrogen-bond acceptors (Lipinski definition) is 3. The Bertz CT molecular complexity index is 418. The van der Waals surface area contributed by atoms with Gasteiger partial charge in [0.15, 0.2) is 0 Å². The molecule has 0 atom stereocenters. The fourth-order valence-corrected chi connectivity index (χ4v) is 2.13. The molecule has 4 nitrogen and oxygen atoms in total. The Balaban J connectivity index is 0.00000162. The third-order valence-corrected chi connectivity index (χ3v) is 3.08. The Morgan fingerprint density at radius 2 is 1.95 bits per heavy atom. The van der Waals surface area contributed by atoms with Gasteiger partial charge in [-0.05, 0) is 38.9 Å². The molecule has 108 valence electrons. The van der Waals surface area contributed by atoms with Crippen molar-refractivity contribution in [2.45, 2.75) is 20.3 Å². The van der Waals surface area contributed by atoms with Crippen LogP contribution in [0.1, 0.15) is 28.2 Å². The maximum absolute atomic E-state index is 12.3. The van der Waals surface area contributed by atoms with Crippen LogP contribution >= 0.6 is 24.8 Å². The van der Waals surface area contributed by atoms with Crippen molar-refractivity contribution in [2.75, 3.05) is 26.2 Å². The molecule has 0 saturated carbocycles. The summed E-state index contributed by atoms with van der Waals surface area (Å²) in [4.78, 5) is 18.6. The Morgan fingerprint density at radius 1 is 1.21 bits per heavy atom. The van der Waals surface area contributed by atoms with E-state index < -0.39 is 0 Å². The molecule has 0 spiro atoms. The van der Waals surface area contributed by atoms with Crippen LogP contribution in [0.4, 0.5) is 0 Å². The normalized spacial score (nSPS) is 14.9. The van der Waals surface area contributed by atoms with Crippen LogP contribution in [0.2, 0.25) is 0 Å². The second-order valence-electron chi connectivity index (χ2n) is 4.48. The SMILES string of the molecule is Cc1ccc(C(=O)N2CCCNCC2)c(C)n1.Cl.Cl. The molecule has 1 saturated heterocycles. The van der Waals surface area contributed by atoms with Gasteiger partial charge in [-0.2, -0.15) is 0 Å². The second-order valence-corrected chi connectivity index (χ2v) is 4.48. The quantitative estimate of drug-likeness (QED) is 0.863. The van der Waals surface area contributed by atoms with Crippen molar-refractivity contribution < 1.29 is 4.79 Å². The summed E-state index contributed by atoms with van der Waals surface area (Å²) in [6.07, 6.45) is 1.02. The molecule has 1 aliphatic rings. The van der Waals surface area contributed by atoms with Crippen molar-refractivity contribution in [3.05, 3.63) is 29.1 Å². The highest BCUT2D eigenvalue weighted by molar-refractivity contribution is 5.95. The first kappa shape index (κ1) is 18.2. The number of amides is 1. The van der Waals surface area contributed by atoms with E-state index in [4.69, 9.17) is 0 Å². The third kappa shape index (κ3) is 4.64. The zero-order valence-electron chi connectivity index (χ0n) is 11.3. The molecule has 0 aliphatic carbocycles. The first-order valence-electron chi connectivity index (χ1n) is 6.13. The van der Waals surface area contributed by atoms with Gasteiger partial charge in [0.05, 0.1) is 11.3 Å². The topological polar surface area (TPSA) is 45.2 Å². The first-order chi connectivity index (χ1) is 8.18. The second kappa shape index (κ2) is 8.35. The highest BCUT2D eigenvalue weighted by Crippen LogP contribution is 2.11. The number of carbonyl (C=O) groups excluding carboxylic acids is 1. The van der Waals surface area contributed by atoms with Crippen LogP contribution in [0, 0.1) is 13.8 Å². The van der Waals surface area contributed by atoms with E-state index in [0.29, 0.717) is 0 Å². The molecule has 1 aromatic heterocycles. The van der Waals surface area contributed by atoms with Gasteiger partial charge in [0.25, 0.3) is 5.91 Å². The van der Waals surface area contributed by atoms with E-state index >= 15 is 0 Å². The lowest BCUT2D eigenvalue weighted by atomic mass is 10.1. The van der Waals surface area contributed by atoms with Crippen molar-refractivity contribution in [2.24, 2.45) is 0 Å². The Kier molecular flexibility index (Phi) is 7.99. The molecule has 19 heavy (non-hydrogen) atoms. The summed E-state index contributed by atoms with van der Waals surface area (Å²) < 4.78 is 0. The van der Waals surface area contributed by atoms with Crippen molar-refractivity contribution >= 4 is 30.7 Å². The van der Waals surface area contributed by atoms with Crippen LogP contribution in [-0.2, 0) is 0 Å². The number of rotatable bonds is 1. The number of halogens is 2. The van der Waals surface area contributed by atoms with Crippen molar-refractivity contribution in [1.82, 2.24) is 15.2 Å². The number of pyridine rings is 1. The van der Waals surface area contributed by atoms with E-state index in [0.717, 1.165) is 49.6 Å². The van der Waals surface area contributed by atoms with Crippen LogP contribution in [0.15, 0.2) is 12.1 Å². The van der Waals surface area contributed by atoms with E-state index in [1.165, 1.54) is 0 Å². The van der Waals surface area contributed by atoms with E-state index in [2.05, 4.69) is 10.3 Å². The fourth-order valence-electron chi connectivity index (χ4n) is 2.13. The predicted molar refractivity (Wildman–Crippen MR) is 81.6 cm³/mol. The van der Waals surface area contributed by atoms with Gasteiger partial charge in [-0.15, -0.1) is 24.8 Å². The van der Waals surface area contributed by atoms with Gasteiger partial charge in [-0.1, -0.05) is 0 Å². The van der Waals surface area contributed by atoms with Gasteiger partial charge >= 0.3 is 0 Å². The van der Waals surface area contributed by atoms with Crippen LogP contribution < -0.4 is 5.32 Å². The number of nitrogens with zero attached hydrogens (tertiary/aromatic N) is 2. The molecule has 6 heteroatoms. The molecule has 0 aromatic carbocycles. The maximum atomic E-state index is 12.3. The molecular formula is C13H21Cl2N3O. The van der Waals surface area contributed by atoms with Gasteiger partial charge in [-0.25, -0.2) is 0 Å². The van der Waals surface area contributed by atoms with E-state index in [1.54, 1.807) is 0 Å². The molecule has 1 N–H and O–H groups in total. The summed E-state index contributed by atoms with van der Waals surface area (Å²) in [6, 6.07) is 3.79. The minimum Gasteiger partial charge on any atom is -0.337 e. The summed E-state index contributed by atoms with van der Waals surface area (Å²) in [6.45, 7) is 7.33. The third-order valence-electron chi connectivity index (χ3n) is 3.08. The Labute approximate surface area is 126 Å². The van der Waals surface area contributed by atoms with E-state index in [1.807, 2.05) is 30.9 Å². The van der Waals surface area contributed by atoms with Gasteiger partial charge in [0.2, 0.25) is 0 Å². The first-order valence-corrected chi connectivity index (χ1v) is 6.13. The molecule has 0 bridgehead atoms. The van der Waals surface area contributed by atoms with Crippen LogP contribution in [0.3, 0.4) is 0 Å². The van der Waals surface area contributed by atoms with Gasteiger partial charge in [0.1, 0.15) is 0 Å². The van der Waals surface area contributed by atoms with Gasteiger partial charge in [-0.3, -0.25) is 9.78 Å². The summed E-state index contributed by atoms with van der Waals surface area (Å²) in [7, 11) is 0. The molecule has 1 fully saturated rings. The number of aromatic nitrogens is 1. The average molecular weight is 306 g/mol. The van der Waals surface area contributed by atoms with Gasteiger partial charge < -0.3 is 10.2 Å². The van der Waals surface area contributed by atoms with Crippen LogP contribution in [0.5, 0.6) is 0 Å². The van der Waals surface area contributed by atoms with Crippen LogP contribution in [-0.4, -0.2) is 42.0 Å². The smallest absolute Gasteiger partial charge is 0.255 e. The molecule has 0 unspecified atom stereocenters. The molecule has 1 aliphatic heterocycles. The average Bonchev–Trinajstić information content (AvgIpc) is 2.56. The monoisotopic (exact) mass is 305 g/mol. The lowest BCUT2D eigenvalue weighted by molar-refractivity contribution is 0.0765. The number of carbonyl (C=O) groups is 1. The van der Waals surface area contributed by atoms with Gasteiger partial charge in [0, 0.05) is 25.3 Å². The summed E-state index contributed by atoms with van der Waals surface area (Å²) in [5.74, 6) is 0.110. The van der Waals surface area contributed by atoms with Crippen LogP contribution in [0.25, 0.3) is 0 Å². The Hall–Kier alpha value is -0.840. The summed E-state index contributed by atoms with van der Waals surface area (Å²) >= 11 is 0. The lowest BCUT2D eigenvalue weighted by Crippen LogP contribution is -2.34. The highest BCUT2D eigenvalue weighted by atomic mass is 35.5. The summed E-state index contributed by atoms with van der Waals surface area (Å²) in [5.41, 5.74) is 2.52. The largest absolute Gasteiger partial charge is 0.337 e. The minimum absolute atomic E-state index is 0. The summed E-state index contributed by atoms with van der Waals surface area (Å²) in [5, 5.41) is 3.30. The number of aryl methyl sites for hydroxylation is 2. The zero-order valence-corrected chi connectivity index (χ0v) is 12.9. The van der Waals surface area contributed by atoms with Crippen molar-refractivity contribution in [3.8, 4) is 0 Å². The molecule has 2 rings (SSSR count). The number of hydrogen-bond donors (Lipinski definition) is 1. The highest BCUT2D eigenvalue weighted by Gasteiger charge is 2.18. The van der Waals surface area contributed by atoms with Crippen molar-refractivity contribution in [1.29, 1.82) is 0 Å². The molecule has 1 amide bonds. The lowest BCUT2D eigenvalue weighted by Gasteiger charge is -2.20. The predicted octanol–water partition coefficient (Wildman–Crippen LogP) is 1.98. The standard InChI is InChI=1S/C13H19N3O.2ClH/c1-10-4-5-12(11(2)15-10)13(17)16-8-3-6-14-7-9-16;;/h4-5,14H,3,6-9H2,1-2H3;2*1H. The fraction of sp³-hybridized carbons (Fsp3) is 0.538. The van der Waals surface area contributed by atoms with Crippen molar-refractivity contribution in [3.63, 3.8) is 0 Å². The maximum Gasteiger partial charge on any atom is 0.255 e. The molecule has 2 heterocycles. The van der Waals surface area contributed by atoms with E-state index in [9.17, 15) is 4.79 Å². The zero-order chi connectivity index (χ0) is 12.3. The molecular weight excluding hydrogens is 285 g/mol. The van der Waals surface area contributed by atoms with E-state index in [-0.39, 0.29) is 30.7 Å². The molecule has 1 aromatic rings. The molecule has 0 radical (unpaired) electrons. The number of nitrogens with one attached hydrogen (secondary N) is 1. The minimum atomic E-state index is 0. The Morgan fingerprint density at radius 3 is 2.63 bits per heavy atom.